The number of aliphatic imine (C=N–C) groups is 1. The molecule has 0 spiro atoms. The Kier molecular flexibility index (Phi) is 6.12. The molecule has 0 bridgehead atoms. The number of guanidine groups is 1. The zero-order chi connectivity index (χ0) is 13.9. The molecule has 1 aliphatic rings. The van der Waals surface area contributed by atoms with Crippen LogP contribution < -0.4 is 11.1 Å². The Labute approximate surface area is 133 Å². The van der Waals surface area contributed by atoms with Gasteiger partial charge in [0.2, 0.25) is 0 Å². The lowest BCUT2D eigenvalue weighted by molar-refractivity contribution is -0.0834. The molecule has 0 amide bonds. The van der Waals surface area contributed by atoms with Gasteiger partial charge in [-0.05, 0) is 6.07 Å². The van der Waals surface area contributed by atoms with Gasteiger partial charge in [-0.3, -0.25) is 0 Å². The molecule has 1 saturated carbocycles. The summed E-state index contributed by atoms with van der Waals surface area (Å²) in [7, 11) is 1.60. The zero-order valence-electron chi connectivity index (χ0n) is 11.1. The Morgan fingerprint density at radius 3 is 2.70 bits per heavy atom. The van der Waals surface area contributed by atoms with E-state index in [9.17, 15) is 8.78 Å². The fourth-order valence-corrected chi connectivity index (χ4v) is 2.01. The summed E-state index contributed by atoms with van der Waals surface area (Å²) >= 11 is 0. The van der Waals surface area contributed by atoms with E-state index in [0.717, 1.165) is 11.3 Å². The van der Waals surface area contributed by atoms with Crippen molar-refractivity contribution < 1.29 is 13.5 Å². The fraction of sp³-hybridized carbons (Fsp3) is 0.462. The van der Waals surface area contributed by atoms with Crippen molar-refractivity contribution in [2.24, 2.45) is 10.7 Å². The Bertz CT molecular complexity index is 474. The molecule has 0 atom stereocenters. The quantitative estimate of drug-likeness (QED) is 0.467. The summed E-state index contributed by atoms with van der Waals surface area (Å²) in [5.41, 5.74) is 7.43. The van der Waals surface area contributed by atoms with E-state index >= 15 is 0 Å². The third kappa shape index (κ3) is 4.55. The molecule has 0 unspecified atom stereocenters. The molecule has 112 valence electrons. The summed E-state index contributed by atoms with van der Waals surface area (Å²) in [4.78, 5) is 4.04. The second kappa shape index (κ2) is 7.16. The average Bonchev–Trinajstić information content (AvgIpc) is 2.29. The highest BCUT2D eigenvalue weighted by Gasteiger charge is 2.45. The van der Waals surface area contributed by atoms with Crippen LogP contribution in [-0.2, 0) is 11.3 Å². The molecular formula is C13H18F2IN3O. The van der Waals surface area contributed by atoms with Crippen molar-refractivity contribution in [3.8, 4) is 0 Å². The number of hydrogen-bond donors (Lipinski definition) is 2. The van der Waals surface area contributed by atoms with Crippen molar-refractivity contribution in [1.29, 1.82) is 0 Å². The summed E-state index contributed by atoms with van der Waals surface area (Å²) in [6.45, 7) is 0.442. The van der Waals surface area contributed by atoms with Crippen LogP contribution in [0.4, 0.5) is 14.5 Å². The second-order valence-electron chi connectivity index (χ2n) is 4.65. The van der Waals surface area contributed by atoms with Gasteiger partial charge < -0.3 is 15.8 Å². The van der Waals surface area contributed by atoms with Crippen LogP contribution in [0.25, 0.3) is 0 Å². The van der Waals surface area contributed by atoms with Gasteiger partial charge in [0.05, 0.1) is 12.6 Å². The Balaban J connectivity index is 0.00000200. The van der Waals surface area contributed by atoms with Gasteiger partial charge in [0.25, 0.3) is 5.92 Å². The minimum atomic E-state index is -2.58. The summed E-state index contributed by atoms with van der Waals surface area (Å²) in [5, 5.41) is 2.92. The highest BCUT2D eigenvalue weighted by atomic mass is 127. The van der Waals surface area contributed by atoms with Gasteiger partial charge in [0.15, 0.2) is 5.96 Å². The molecule has 4 nitrogen and oxygen atoms in total. The molecule has 20 heavy (non-hydrogen) atoms. The zero-order valence-corrected chi connectivity index (χ0v) is 13.4. The number of nitrogens with two attached hydrogens (primary N) is 1. The van der Waals surface area contributed by atoms with E-state index in [2.05, 4.69) is 10.3 Å². The average molecular weight is 397 g/mol. The van der Waals surface area contributed by atoms with Gasteiger partial charge in [0.1, 0.15) is 0 Å². The van der Waals surface area contributed by atoms with Gasteiger partial charge in [0, 0.05) is 31.2 Å². The van der Waals surface area contributed by atoms with Gasteiger partial charge in [-0.25, -0.2) is 13.8 Å². The van der Waals surface area contributed by atoms with Crippen LogP contribution in [0, 0.1) is 0 Å². The number of ether oxygens (including phenoxy) is 1. The first-order valence-corrected chi connectivity index (χ1v) is 6.05. The number of methoxy groups -OCH3 is 1. The lowest BCUT2D eigenvalue weighted by Crippen LogP contribution is -2.40. The molecule has 1 aliphatic carbocycles. The third-order valence-corrected chi connectivity index (χ3v) is 2.97. The first kappa shape index (κ1) is 17.1. The monoisotopic (exact) mass is 397 g/mol. The molecule has 0 aromatic heterocycles. The van der Waals surface area contributed by atoms with E-state index in [4.69, 9.17) is 10.5 Å². The Hall–Kier alpha value is -0.960. The lowest BCUT2D eigenvalue weighted by Gasteiger charge is -2.32. The van der Waals surface area contributed by atoms with E-state index in [1.165, 1.54) is 0 Å². The van der Waals surface area contributed by atoms with Crippen molar-refractivity contribution in [2.75, 3.05) is 12.4 Å². The normalized spacial score (nSPS) is 18.1. The summed E-state index contributed by atoms with van der Waals surface area (Å²) in [5.74, 6) is -2.42. The molecule has 0 saturated heterocycles. The van der Waals surface area contributed by atoms with Gasteiger partial charge in [-0.2, -0.15) is 0 Å². The minimum Gasteiger partial charge on any atom is -0.380 e. The molecule has 1 fully saturated rings. The van der Waals surface area contributed by atoms with Crippen LogP contribution in [0.5, 0.6) is 0 Å². The number of hydrogen-bond acceptors (Lipinski definition) is 2. The largest absolute Gasteiger partial charge is 0.380 e. The van der Waals surface area contributed by atoms with Crippen LogP contribution in [0.15, 0.2) is 29.3 Å². The number of alkyl halides is 2. The summed E-state index contributed by atoms with van der Waals surface area (Å²) < 4.78 is 30.4. The van der Waals surface area contributed by atoms with Crippen LogP contribution >= 0.6 is 24.0 Å². The van der Waals surface area contributed by atoms with Crippen molar-refractivity contribution in [2.45, 2.75) is 31.4 Å². The predicted octanol–water partition coefficient (Wildman–Crippen LogP) is 2.98. The molecule has 2 rings (SSSR count). The first-order valence-electron chi connectivity index (χ1n) is 6.05. The van der Waals surface area contributed by atoms with E-state index in [0.29, 0.717) is 6.61 Å². The molecule has 0 radical (unpaired) electrons. The lowest BCUT2D eigenvalue weighted by atomic mass is 9.89. The van der Waals surface area contributed by atoms with Crippen molar-refractivity contribution in [3.63, 3.8) is 0 Å². The number of para-hydroxylation sites is 1. The van der Waals surface area contributed by atoms with Crippen LogP contribution in [0.1, 0.15) is 18.4 Å². The molecule has 1 aromatic carbocycles. The van der Waals surface area contributed by atoms with Crippen LogP contribution in [0.2, 0.25) is 0 Å². The Morgan fingerprint density at radius 2 is 2.10 bits per heavy atom. The number of anilines is 1. The SMILES string of the molecule is COCc1ccccc1NC(N)=NC1CC(F)(F)C1.I. The van der Waals surface area contributed by atoms with Crippen molar-refractivity contribution in [1.82, 2.24) is 0 Å². The van der Waals surface area contributed by atoms with E-state index in [-0.39, 0.29) is 42.8 Å². The van der Waals surface area contributed by atoms with E-state index in [1.54, 1.807) is 7.11 Å². The number of benzene rings is 1. The molecule has 7 heteroatoms. The van der Waals surface area contributed by atoms with Crippen LogP contribution in [0.3, 0.4) is 0 Å². The highest BCUT2D eigenvalue weighted by Crippen LogP contribution is 2.39. The topological polar surface area (TPSA) is 59.6 Å². The first-order chi connectivity index (χ1) is 9.00. The van der Waals surface area contributed by atoms with Gasteiger partial charge >= 0.3 is 0 Å². The fourth-order valence-electron chi connectivity index (χ4n) is 2.01. The van der Waals surface area contributed by atoms with Crippen molar-refractivity contribution in [3.05, 3.63) is 29.8 Å². The standard InChI is InChI=1S/C13H17F2N3O.HI/c1-19-8-9-4-2-3-5-11(9)18-12(16)17-10-6-13(14,15)7-10;/h2-5,10H,6-8H2,1H3,(H3,16,17,18);1H. The van der Waals surface area contributed by atoms with Crippen LogP contribution in [-0.4, -0.2) is 25.0 Å². The predicted molar refractivity (Wildman–Crippen MR) is 85.8 cm³/mol. The maximum Gasteiger partial charge on any atom is 0.252 e. The molecule has 0 aliphatic heterocycles. The smallest absolute Gasteiger partial charge is 0.252 e. The maximum absolute atomic E-state index is 12.7. The maximum atomic E-state index is 12.7. The summed E-state index contributed by atoms with van der Waals surface area (Å²) in [6, 6.07) is 7.09. The molecule has 0 heterocycles. The Morgan fingerprint density at radius 1 is 1.45 bits per heavy atom. The molecule has 1 aromatic rings. The number of nitrogens with one attached hydrogen (secondary N) is 1. The van der Waals surface area contributed by atoms with Gasteiger partial charge in [-0.15, -0.1) is 24.0 Å². The second-order valence-corrected chi connectivity index (χ2v) is 4.65. The number of nitrogens with zero attached hydrogens (tertiary/aromatic N) is 1. The summed E-state index contributed by atoms with van der Waals surface area (Å²) in [6.07, 6.45) is -0.454. The van der Waals surface area contributed by atoms with Gasteiger partial charge in [-0.1, -0.05) is 18.2 Å². The van der Waals surface area contributed by atoms with E-state index < -0.39 is 12.0 Å². The van der Waals surface area contributed by atoms with Crippen molar-refractivity contribution >= 4 is 35.6 Å². The molecule has 3 N–H and O–H groups in total. The highest BCUT2D eigenvalue weighted by molar-refractivity contribution is 14.0. The third-order valence-electron chi connectivity index (χ3n) is 2.97. The van der Waals surface area contributed by atoms with E-state index in [1.807, 2.05) is 24.3 Å². The molecular weight excluding hydrogens is 379 g/mol. The number of halogens is 3. The minimum absolute atomic E-state index is 0. The number of rotatable bonds is 4.